The Hall–Kier alpha value is -1.96. The topological polar surface area (TPSA) is 85.4 Å². The van der Waals surface area contributed by atoms with E-state index in [1.54, 1.807) is 24.5 Å². The van der Waals surface area contributed by atoms with Gasteiger partial charge in [0.2, 0.25) is 10.0 Å². The molecule has 2 rings (SSSR count). The van der Waals surface area contributed by atoms with Gasteiger partial charge in [0.05, 0.1) is 22.6 Å². The van der Waals surface area contributed by atoms with Crippen LogP contribution in [0.15, 0.2) is 47.6 Å². The Morgan fingerprint density at radius 2 is 2.14 bits per heavy atom. The van der Waals surface area contributed by atoms with Crippen molar-refractivity contribution in [2.75, 3.05) is 7.11 Å². The molecule has 116 valence electrons. The summed E-state index contributed by atoms with van der Waals surface area (Å²) in [7, 11) is -2.59. The summed E-state index contributed by atoms with van der Waals surface area (Å²) in [6, 6.07) is 7.30. The van der Waals surface area contributed by atoms with Crippen LogP contribution in [0.3, 0.4) is 0 Å². The van der Waals surface area contributed by atoms with Gasteiger partial charge in [0.25, 0.3) is 0 Å². The molecule has 0 saturated heterocycles. The summed E-state index contributed by atoms with van der Waals surface area (Å²) in [4.78, 5) is 15.4. The molecule has 2 aromatic rings. The van der Waals surface area contributed by atoms with Gasteiger partial charge in [-0.3, -0.25) is 4.98 Å². The van der Waals surface area contributed by atoms with Crippen molar-refractivity contribution in [2.45, 2.75) is 11.4 Å². The summed E-state index contributed by atoms with van der Waals surface area (Å²) >= 11 is 5.87. The van der Waals surface area contributed by atoms with Gasteiger partial charge < -0.3 is 4.74 Å². The molecule has 8 heteroatoms. The number of sulfonamides is 1. The third kappa shape index (κ3) is 3.82. The lowest BCUT2D eigenvalue weighted by Gasteiger charge is -2.09. The fraction of sp³-hybridized carbons (Fsp3) is 0.143. The van der Waals surface area contributed by atoms with Gasteiger partial charge in [-0.05, 0) is 29.8 Å². The second-order valence-corrected chi connectivity index (χ2v) is 6.49. The van der Waals surface area contributed by atoms with Gasteiger partial charge in [0.1, 0.15) is 0 Å². The molecule has 0 aliphatic rings. The Morgan fingerprint density at radius 1 is 1.36 bits per heavy atom. The van der Waals surface area contributed by atoms with Gasteiger partial charge in [0.15, 0.2) is 0 Å². The van der Waals surface area contributed by atoms with Gasteiger partial charge in [-0.2, -0.15) is 0 Å². The van der Waals surface area contributed by atoms with Crippen LogP contribution < -0.4 is 4.72 Å². The van der Waals surface area contributed by atoms with E-state index in [0.717, 1.165) is 0 Å². The summed E-state index contributed by atoms with van der Waals surface area (Å²) in [5.74, 6) is -0.700. The number of rotatable bonds is 5. The lowest BCUT2D eigenvalue weighted by molar-refractivity contribution is 0.0600. The zero-order chi connectivity index (χ0) is 16.2. The molecular weight excluding hydrogens is 328 g/mol. The molecule has 0 fully saturated rings. The van der Waals surface area contributed by atoms with E-state index in [1.165, 1.54) is 25.3 Å². The van der Waals surface area contributed by atoms with Crippen molar-refractivity contribution < 1.29 is 17.9 Å². The third-order valence-corrected chi connectivity index (χ3v) is 4.57. The maximum atomic E-state index is 12.3. The first kappa shape index (κ1) is 16.4. The minimum absolute atomic E-state index is 0.00609. The van der Waals surface area contributed by atoms with E-state index in [4.69, 9.17) is 11.6 Å². The predicted molar refractivity (Wildman–Crippen MR) is 81.1 cm³/mol. The fourth-order valence-electron chi connectivity index (χ4n) is 1.70. The molecule has 0 aliphatic carbocycles. The average molecular weight is 341 g/mol. The first-order valence-corrected chi connectivity index (χ1v) is 8.06. The van der Waals surface area contributed by atoms with E-state index < -0.39 is 16.0 Å². The average Bonchev–Trinajstić information content (AvgIpc) is 2.53. The Labute approximate surface area is 133 Å². The van der Waals surface area contributed by atoms with Crippen molar-refractivity contribution in [3.05, 3.63) is 58.9 Å². The minimum atomic E-state index is -3.78. The lowest BCUT2D eigenvalue weighted by atomic mass is 10.2. The molecule has 0 bridgehead atoms. The summed E-state index contributed by atoms with van der Waals surface area (Å²) in [6.45, 7) is 0.0896. The number of ether oxygens (including phenoxy) is 1. The molecule has 0 aliphatic heterocycles. The van der Waals surface area contributed by atoms with Crippen LogP contribution in [0, 0.1) is 0 Å². The predicted octanol–water partition coefficient (Wildman–Crippen LogP) is 2.00. The quantitative estimate of drug-likeness (QED) is 0.841. The van der Waals surface area contributed by atoms with Crippen LogP contribution in [0.1, 0.15) is 15.9 Å². The van der Waals surface area contributed by atoms with Gasteiger partial charge >= 0.3 is 5.97 Å². The highest BCUT2D eigenvalue weighted by Gasteiger charge is 2.19. The molecule has 0 radical (unpaired) electrons. The largest absolute Gasteiger partial charge is 0.465 e. The monoisotopic (exact) mass is 340 g/mol. The number of carbonyl (C=O) groups excluding carboxylic acids is 1. The highest BCUT2D eigenvalue weighted by Crippen LogP contribution is 2.21. The SMILES string of the molecule is COC(=O)c1cc(S(=O)(=O)NCc2cccnc2)ccc1Cl. The van der Waals surface area contributed by atoms with Crippen molar-refractivity contribution >= 4 is 27.6 Å². The number of halogens is 1. The molecular formula is C14H13ClN2O4S. The van der Waals surface area contributed by atoms with Crippen molar-refractivity contribution in [1.82, 2.24) is 9.71 Å². The van der Waals surface area contributed by atoms with E-state index >= 15 is 0 Å². The zero-order valence-electron chi connectivity index (χ0n) is 11.6. The van der Waals surface area contributed by atoms with Crippen molar-refractivity contribution in [1.29, 1.82) is 0 Å². The number of esters is 1. The molecule has 0 atom stereocenters. The lowest BCUT2D eigenvalue weighted by Crippen LogP contribution is -2.23. The van der Waals surface area contributed by atoms with E-state index in [9.17, 15) is 13.2 Å². The van der Waals surface area contributed by atoms with Crippen LogP contribution in [0.5, 0.6) is 0 Å². The van der Waals surface area contributed by atoms with Gasteiger partial charge in [-0.25, -0.2) is 17.9 Å². The highest BCUT2D eigenvalue weighted by atomic mass is 35.5. The van der Waals surface area contributed by atoms with E-state index in [2.05, 4.69) is 14.4 Å². The van der Waals surface area contributed by atoms with Crippen LogP contribution in [0.2, 0.25) is 5.02 Å². The number of hydrogen-bond acceptors (Lipinski definition) is 5. The molecule has 6 nitrogen and oxygen atoms in total. The van der Waals surface area contributed by atoms with E-state index in [-0.39, 0.29) is 22.0 Å². The molecule has 0 spiro atoms. The molecule has 1 N–H and O–H groups in total. The number of methoxy groups -OCH3 is 1. The summed E-state index contributed by atoms with van der Waals surface area (Å²) in [5, 5.41) is 0.123. The Balaban J connectivity index is 2.24. The number of hydrogen-bond donors (Lipinski definition) is 1. The van der Waals surface area contributed by atoms with Gasteiger partial charge in [0, 0.05) is 18.9 Å². The molecule has 1 aromatic heterocycles. The molecule has 0 amide bonds. The maximum absolute atomic E-state index is 12.3. The molecule has 22 heavy (non-hydrogen) atoms. The molecule has 1 aromatic carbocycles. The number of nitrogens with one attached hydrogen (secondary N) is 1. The smallest absolute Gasteiger partial charge is 0.339 e. The number of nitrogens with zero attached hydrogens (tertiary/aromatic N) is 1. The standard InChI is InChI=1S/C14H13ClN2O4S/c1-21-14(18)12-7-11(4-5-13(12)15)22(19,20)17-9-10-3-2-6-16-8-10/h2-8,17H,9H2,1H3. The van der Waals surface area contributed by atoms with Gasteiger partial charge in [-0.1, -0.05) is 17.7 Å². The van der Waals surface area contributed by atoms with Crippen molar-refractivity contribution in [3.8, 4) is 0 Å². The van der Waals surface area contributed by atoms with Crippen molar-refractivity contribution in [3.63, 3.8) is 0 Å². The molecule has 0 saturated carbocycles. The van der Waals surface area contributed by atoms with Crippen LogP contribution >= 0.6 is 11.6 Å². The second kappa shape index (κ2) is 6.87. The number of carbonyl (C=O) groups is 1. The number of benzene rings is 1. The molecule has 1 heterocycles. The Kier molecular flexibility index (Phi) is 5.12. The van der Waals surface area contributed by atoms with Crippen LogP contribution in [0.4, 0.5) is 0 Å². The minimum Gasteiger partial charge on any atom is -0.465 e. The maximum Gasteiger partial charge on any atom is 0.339 e. The summed E-state index contributed by atoms with van der Waals surface area (Å²) < 4.78 is 31.5. The summed E-state index contributed by atoms with van der Waals surface area (Å²) in [5.41, 5.74) is 0.710. The fourth-order valence-corrected chi connectivity index (χ4v) is 2.94. The normalized spacial score (nSPS) is 11.2. The number of aromatic nitrogens is 1. The molecule has 0 unspecified atom stereocenters. The number of pyridine rings is 1. The third-order valence-electron chi connectivity index (χ3n) is 2.84. The van der Waals surface area contributed by atoms with Crippen LogP contribution in [0.25, 0.3) is 0 Å². The first-order chi connectivity index (χ1) is 10.4. The van der Waals surface area contributed by atoms with Crippen LogP contribution in [-0.2, 0) is 21.3 Å². The Morgan fingerprint density at radius 3 is 2.77 bits per heavy atom. The zero-order valence-corrected chi connectivity index (χ0v) is 13.2. The van der Waals surface area contributed by atoms with E-state index in [1.807, 2.05) is 0 Å². The van der Waals surface area contributed by atoms with Gasteiger partial charge in [-0.15, -0.1) is 0 Å². The van der Waals surface area contributed by atoms with E-state index in [0.29, 0.717) is 5.56 Å². The summed E-state index contributed by atoms with van der Waals surface area (Å²) in [6.07, 6.45) is 3.16. The van der Waals surface area contributed by atoms with Crippen molar-refractivity contribution in [2.24, 2.45) is 0 Å². The van der Waals surface area contributed by atoms with Crippen LogP contribution in [-0.4, -0.2) is 26.5 Å². The Bertz CT molecular complexity index is 779. The first-order valence-electron chi connectivity index (χ1n) is 6.20. The highest BCUT2D eigenvalue weighted by molar-refractivity contribution is 7.89. The second-order valence-electron chi connectivity index (χ2n) is 4.32.